The molecule has 144 valence electrons. The summed E-state index contributed by atoms with van der Waals surface area (Å²) in [7, 11) is -2.81. The highest BCUT2D eigenvalue weighted by Crippen LogP contribution is 2.42. The topological polar surface area (TPSA) is 61.8 Å². The Morgan fingerprint density at radius 1 is 1.16 bits per heavy atom. The van der Waals surface area contributed by atoms with Crippen LogP contribution in [0.25, 0.3) is 0 Å². The molecule has 0 bridgehead atoms. The van der Waals surface area contributed by atoms with Crippen LogP contribution in [0.5, 0.6) is 0 Å². The van der Waals surface area contributed by atoms with Gasteiger partial charge in [-0.25, -0.2) is 8.42 Å². The number of guanidine groups is 1. The lowest BCUT2D eigenvalue weighted by molar-refractivity contribution is 0.115. The first-order valence-electron chi connectivity index (χ1n) is 10.3. The fourth-order valence-corrected chi connectivity index (χ4v) is 6.78. The van der Waals surface area contributed by atoms with Gasteiger partial charge in [0.1, 0.15) is 0 Å². The molecule has 1 unspecified atom stereocenters. The number of aliphatic imine (C=N–C) groups is 1. The lowest BCUT2D eigenvalue weighted by atomic mass is 9.74. The number of nitrogens with zero attached hydrogens (tertiary/aromatic N) is 2. The Labute approximate surface area is 153 Å². The molecule has 3 aliphatic rings. The summed E-state index contributed by atoms with van der Waals surface area (Å²) in [6, 6.07) is 0. The number of piperidine rings is 1. The van der Waals surface area contributed by atoms with Crippen molar-refractivity contribution in [3.63, 3.8) is 0 Å². The molecule has 2 heterocycles. The molecule has 0 aromatic carbocycles. The molecule has 5 nitrogen and oxygen atoms in total. The predicted molar refractivity (Wildman–Crippen MR) is 104 cm³/mol. The van der Waals surface area contributed by atoms with E-state index in [1.807, 2.05) is 0 Å². The van der Waals surface area contributed by atoms with Gasteiger partial charge in [0, 0.05) is 26.2 Å². The zero-order valence-electron chi connectivity index (χ0n) is 15.8. The molecule has 0 aromatic heterocycles. The Bertz CT molecular complexity index is 565. The van der Waals surface area contributed by atoms with Crippen molar-refractivity contribution in [1.29, 1.82) is 0 Å². The molecule has 0 amide bonds. The first-order chi connectivity index (χ1) is 12.0. The second-order valence-corrected chi connectivity index (χ2v) is 10.6. The van der Waals surface area contributed by atoms with E-state index in [0.717, 1.165) is 32.0 Å². The van der Waals surface area contributed by atoms with E-state index < -0.39 is 9.84 Å². The van der Waals surface area contributed by atoms with Crippen molar-refractivity contribution < 1.29 is 8.42 Å². The smallest absolute Gasteiger partial charge is 0.193 e. The number of sulfone groups is 1. The summed E-state index contributed by atoms with van der Waals surface area (Å²) in [5, 5.41) is 3.46. The van der Waals surface area contributed by atoms with Gasteiger partial charge in [-0.05, 0) is 50.4 Å². The third-order valence-corrected chi connectivity index (χ3v) is 8.12. The summed E-state index contributed by atoms with van der Waals surface area (Å²) in [5.41, 5.74) is 0.488. The average molecular weight is 370 g/mol. The van der Waals surface area contributed by atoms with Gasteiger partial charge in [-0.15, -0.1) is 0 Å². The van der Waals surface area contributed by atoms with E-state index >= 15 is 0 Å². The minimum Gasteiger partial charge on any atom is -0.357 e. The Hall–Kier alpha value is -0.780. The first kappa shape index (κ1) is 19.0. The Kier molecular flexibility index (Phi) is 6.29. The predicted octanol–water partition coefficient (Wildman–Crippen LogP) is 2.82. The van der Waals surface area contributed by atoms with Crippen molar-refractivity contribution >= 4 is 15.8 Å². The molecule has 2 saturated heterocycles. The maximum absolute atomic E-state index is 11.7. The highest BCUT2D eigenvalue weighted by atomic mass is 32.2. The molecule has 0 aromatic rings. The van der Waals surface area contributed by atoms with E-state index in [1.54, 1.807) is 0 Å². The van der Waals surface area contributed by atoms with Crippen molar-refractivity contribution in [1.82, 2.24) is 10.2 Å². The van der Waals surface area contributed by atoms with E-state index in [4.69, 9.17) is 4.99 Å². The second-order valence-electron chi connectivity index (χ2n) is 8.40. The van der Waals surface area contributed by atoms with Crippen molar-refractivity contribution in [2.75, 3.05) is 37.7 Å². The molecule has 25 heavy (non-hydrogen) atoms. The van der Waals surface area contributed by atoms with E-state index in [1.165, 1.54) is 51.4 Å². The van der Waals surface area contributed by atoms with Crippen molar-refractivity contribution in [3.05, 3.63) is 0 Å². The molecule has 1 spiro atoms. The number of likely N-dealkylation sites (tertiary alicyclic amines) is 1. The van der Waals surface area contributed by atoms with Crippen molar-refractivity contribution in [2.24, 2.45) is 16.3 Å². The van der Waals surface area contributed by atoms with Gasteiger partial charge in [0.15, 0.2) is 15.8 Å². The normalized spacial score (nSPS) is 29.6. The lowest BCUT2D eigenvalue weighted by Gasteiger charge is -2.44. The zero-order valence-corrected chi connectivity index (χ0v) is 16.6. The SMILES string of the molecule is CCNC(=NCC1CCS(=O)(=O)C1)N1CCCC2(CCCCCC2)C1. The molecular formula is C19H35N3O2S. The van der Waals surface area contributed by atoms with Crippen LogP contribution in [0.2, 0.25) is 0 Å². The number of hydrogen-bond donors (Lipinski definition) is 1. The fourth-order valence-electron chi connectivity index (χ4n) is 4.93. The Morgan fingerprint density at radius 2 is 1.88 bits per heavy atom. The molecule has 1 aliphatic carbocycles. The third-order valence-electron chi connectivity index (χ3n) is 6.29. The van der Waals surface area contributed by atoms with Gasteiger partial charge in [0.05, 0.1) is 11.5 Å². The van der Waals surface area contributed by atoms with Crippen LogP contribution in [0.1, 0.15) is 64.7 Å². The maximum Gasteiger partial charge on any atom is 0.193 e. The molecule has 0 radical (unpaired) electrons. The van der Waals surface area contributed by atoms with Crippen molar-refractivity contribution in [2.45, 2.75) is 64.7 Å². The minimum absolute atomic E-state index is 0.204. The molecule has 3 fully saturated rings. The average Bonchev–Trinajstić information content (AvgIpc) is 2.78. The van der Waals surface area contributed by atoms with Crippen LogP contribution >= 0.6 is 0 Å². The van der Waals surface area contributed by atoms with E-state index in [0.29, 0.717) is 23.5 Å². The van der Waals surface area contributed by atoms with Gasteiger partial charge in [-0.1, -0.05) is 25.7 Å². The minimum atomic E-state index is -2.81. The summed E-state index contributed by atoms with van der Waals surface area (Å²) in [5.74, 6) is 1.88. The van der Waals surface area contributed by atoms with Crippen LogP contribution in [0.4, 0.5) is 0 Å². The van der Waals surface area contributed by atoms with Gasteiger partial charge in [0.25, 0.3) is 0 Å². The highest BCUT2D eigenvalue weighted by Gasteiger charge is 2.36. The summed E-state index contributed by atoms with van der Waals surface area (Å²) in [4.78, 5) is 7.31. The summed E-state index contributed by atoms with van der Waals surface area (Å²) in [6.45, 7) is 5.83. The number of rotatable bonds is 3. The standard InChI is InChI=1S/C19H35N3O2S/c1-2-20-18(21-14-17-8-13-25(23,24)15-17)22-12-7-11-19(16-22)9-5-3-4-6-10-19/h17H,2-16H2,1H3,(H,20,21). The van der Waals surface area contributed by atoms with E-state index in [9.17, 15) is 8.42 Å². The van der Waals surface area contributed by atoms with Crippen molar-refractivity contribution in [3.8, 4) is 0 Å². The number of nitrogens with one attached hydrogen (secondary N) is 1. The zero-order chi connectivity index (χ0) is 17.8. The first-order valence-corrected chi connectivity index (χ1v) is 12.1. The largest absolute Gasteiger partial charge is 0.357 e. The molecule has 2 aliphatic heterocycles. The van der Waals surface area contributed by atoms with Crippen LogP contribution in [-0.4, -0.2) is 57.0 Å². The molecule has 6 heteroatoms. The molecular weight excluding hydrogens is 334 g/mol. The van der Waals surface area contributed by atoms with Gasteiger partial charge in [-0.2, -0.15) is 0 Å². The van der Waals surface area contributed by atoms with E-state index in [2.05, 4.69) is 17.1 Å². The Morgan fingerprint density at radius 3 is 2.52 bits per heavy atom. The van der Waals surface area contributed by atoms with Crippen LogP contribution in [0, 0.1) is 11.3 Å². The van der Waals surface area contributed by atoms with Crippen LogP contribution < -0.4 is 5.32 Å². The quantitative estimate of drug-likeness (QED) is 0.614. The van der Waals surface area contributed by atoms with Gasteiger partial charge in [0.2, 0.25) is 0 Å². The van der Waals surface area contributed by atoms with E-state index in [-0.39, 0.29) is 5.92 Å². The summed E-state index contributed by atoms with van der Waals surface area (Å²) in [6.07, 6.45) is 11.7. The molecule has 1 atom stereocenters. The van der Waals surface area contributed by atoms with Gasteiger partial charge >= 0.3 is 0 Å². The molecule has 1 saturated carbocycles. The van der Waals surface area contributed by atoms with Crippen LogP contribution in [0.3, 0.4) is 0 Å². The van der Waals surface area contributed by atoms with Crippen LogP contribution in [0.15, 0.2) is 4.99 Å². The third kappa shape index (κ3) is 5.11. The summed E-state index contributed by atoms with van der Waals surface area (Å²) < 4.78 is 23.3. The lowest BCUT2D eigenvalue weighted by Crippen LogP contribution is -2.50. The Balaban J connectivity index is 1.65. The second kappa shape index (κ2) is 8.28. The molecule has 3 rings (SSSR count). The van der Waals surface area contributed by atoms with Crippen LogP contribution in [-0.2, 0) is 9.84 Å². The molecule has 1 N–H and O–H groups in total. The van der Waals surface area contributed by atoms with Gasteiger partial charge in [-0.3, -0.25) is 4.99 Å². The maximum atomic E-state index is 11.7. The van der Waals surface area contributed by atoms with Gasteiger partial charge < -0.3 is 10.2 Å². The monoisotopic (exact) mass is 369 g/mol. The highest BCUT2D eigenvalue weighted by molar-refractivity contribution is 7.91. The summed E-state index contributed by atoms with van der Waals surface area (Å²) >= 11 is 0. The fraction of sp³-hybridized carbons (Fsp3) is 0.947. The number of hydrogen-bond acceptors (Lipinski definition) is 3.